The first-order valence-electron chi connectivity index (χ1n) is 5.95. The Morgan fingerprint density at radius 3 is 2.89 bits per heavy atom. The Balaban J connectivity index is 2.90. The lowest BCUT2D eigenvalue weighted by Gasteiger charge is -2.09. The van der Waals surface area contributed by atoms with Gasteiger partial charge in [0.1, 0.15) is 5.69 Å². The fraction of sp³-hybridized carbons (Fsp3) is 0.500. The summed E-state index contributed by atoms with van der Waals surface area (Å²) in [5.41, 5.74) is 0.699. The van der Waals surface area contributed by atoms with Crippen molar-refractivity contribution in [2.75, 3.05) is 24.2 Å². The average Bonchev–Trinajstić information content (AvgIpc) is 2.36. The Morgan fingerprint density at radius 2 is 2.28 bits per heavy atom. The third-order valence-corrected chi connectivity index (χ3v) is 3.44. The summed E-state index contributed by atoms with van der Waals surface area (Å²) in [5.74, 6) is 0.675. The van der Waals surface area contributed by atoms with E-state index in [2.05, 4.69) is 5.32 Å². The molecule has 0 bridgehead atoms. The van der Waals surface area contributed by atoms with Crippen molar-refractivity contribution in [3.8, 4) is 0 Å². The summed E-state index contributed by atoms with van der Waals surface area (Å²) in [4.78, 5) is 11.4. The molecule has 18 heavy (non-hydrogen) atoms. The minimum Gasteiger partial charge on any atom is -0.396 e. The number of nitro benzene ring substituents is 1. The fourth-order valence-corrected chi connectivity index (χ4v) is 2.47. The van der Waals surface area contributed by atoms with Crippen molar-refractivity contribution >= 4 is 23.1 Å². The van der Waals surface area contributed by atoms with Gasteiger partial charge in [0.15, 0.2) is 0 Å². The standard InChI is InChI=1S/C12H18N2O3S/c1-2-7-13-10-5-3-6-11(12(10)14(16)17)18-9-4-8-15/h3,5-6,13,15H,2,4,7-9H2,1H3. The van der Waals surface area contributed by atoms with E-state index in [-0.39, 0.29) is 17.2 Å². The zero-order valence-electron chi connectivity index (χ0n) is 10.4. The van der Waals surface area contributed by atoms with Gasteiger partial charge >= 0.3 is 5.69 Å². The van der Waals surface area contributed by atoms with Crippen LogP contribution in [0.25, 0.3) is 0 Å². The minimum absolute atomic E-state index is 0.106. The Morgan fingerprint density at radius 1 is 1.50 bits per heavy atom. The molecule has 0 aliphatic carbocycles. The van der Waals surface area contributed by atoms with Crippen LogP contribution in [-0.2, 0) is 0 Å². The van der Waals surface area contributed by atoms with Crippen molar-refractivity contribution in [3.63, 3.8) is 0 Å². The van der Waals surface area contributed by atoms with Crippen molar-refractivity contribution in [2.45, 2.75) is 24.7 Å². The lowest BCUT2D eigenvalue weighted by molar-refractivity contribution is -0.386. The van der Waals surface area contributed by atoms with Gasteiger partial charge in [0.2, 0.25) is 0 Å². The molecule has 0 aromatic heterocycles. The van der Waals surface area contributed by atoms with E-state index in [1.54, 1.807) is 12.1 Å². The lowest BCUT2D eigenvalue weighted by atomic mass is 10.2. The highest BCUT2D eigenvalue weighted by Crippen LogP contribution is 2.35. The number of hydrogen-bond donors (Lipinski definition) is 2. The molecule has 100 valence electrons. The topological polar surface area (TPSA) is 75.4 Å². The SMILES string of the molecule is CCCNc1cccc(SCCCO)c1[N+](=O)[O-]. The van der Waals surface area contributed by atoms with Gasteiger partial charge < -0.3 is 10.4 Å². The molecule has 5 nitrogen and oxygen atoms in total. The molecule has 1 aromatic carbocycles. The highest BCUT2D eigenvalue weighted by Gasteiger charge is 2.19. The molecule has 0 radical (unpaired) electrons. The smallest absolute Gasteiger partial charge is 0.305 e. The Bertz CT molecular complexity index is 399. The summed E-state index contributed by atoms with van der Waals surface area (Å²) in [6.45, 7) is 2.83. The highest BCUT2D eigenvalue weighted by molar-refractivity contribution is 7.99. The summed E-state index contributed by atoms with van der Waals surface area (Å²) in [7, 11) is 0. The zero-order valence-corrected chi connectivity index (χ0v) is 11.2. The van der Waals surface area contributed by atoms with Gasteiger partial charge in [0.25, 0.3) is 0 Å². The van der Waals surface area contributed by atoms with E-state index in [1.165, 1.54) is 11.8 Å². The van der Waals surface area contributed by atoms with Crippen molar-refractivity contribution < 1.29 is 10.0 Å². The number of hydrogen-bond acceptors (Lipinski definition) is 5. The van der Waals surface area contributed by atoms with Crippen LogP contribution in [0.15, 0.2) is 23.1 Å². The summed E-state index contributed by atoms with van der Waals surface area (Å²) >= 11 is 1.41. The molecule has 2 N–H and O–H groups in total. The second-order valence-electron chi connectivity index (χ2n) is 3.76. The van der Waals surface area contributed by atoms with Gasteiger partial charge in [-0.3, -0.25) is 10.1 Å². The van der Waals surface area contributed by atoms with Crippen LogP contribution >= 0.6 is 11.8 Å². The number of aliphatic hydroxyl groups excluding tert-OH is 1. The molecule has 0 aliphatic rings. The molecule has 1 rings (SSSR count). The van der Waals surface area contributed by atoms with E-state index in [9.17, 15) is 10.1 Å². The Hall–Kier alpha value is -1.27. The van der Waals surface area contributed by atoms with Gasteiger partial charge in [0, 0.05) is 18.9 Å². The molecule has 0 unspecified atom stereocenters. The van der Waals surface area contributed by atoms with E-state index in [4.69, 9.17) is 5.11 Å². The van der Waals surface area contributed by atoms with Crippen LogP contribution in [0.2, 0.25) is 0 Å². The van der Waals surface area contributed by atoms with Crippen LogP contribution in [0.1, 0.15) is 19.8 Å². The van der Waals surface area contributed by atoms with E-state index in [1.807, 2.05) is 13.0 Å². The number of anilines is 1. The zero-order chi connectivity index (χ0) is 13.4. The van der Waals surface area contributed by atoms with Crippen molar-refractivity contribution in [1.29, 1.82) is 0 Å². The molecule has 0 aliphatic heterocycles. The summed E-state index contributed by atoms with van der Waals surface area (Å²) in [6, 6.07) is 5.29. The maximum Gasteiger partial charge on any atom is 0.305 e. The predicted molar refractivity (Wildman–Crippen MR) is 74.3 cm³/mol. The van der Waals surface area contributed by atoms with Crippen molar-refractivity contribution in [2.24, 2.45) is 0 Å². The summed E-state index contributed by atoms with van der Waals surface area (Å²) in [6.07, 6.45) is 1.55. The predicted octanol–water partition coefficient (Wildman–Crippen LogP) is 2.89. The van der Waals surface area contributed by atoms with E-state index >= 15 is 0 Å². The van der Waals surface area contributed by atoms with E-state index < -0.39 is 0 Å². The average molecular weight is 270 g/mol. The quantitative estimate of drug-likeness (QED) is 0.329. The first-order chi connectivity index (χ1) is 8.70. The van der Waals surface area contributed by atoms with Gasteiger partial charge in [-0.1, -0.05) is 13.0 Å². The van der Waals surface area contributed by atoms with E-state index in [0.29, 0.717) is 29.3 Å². The van der Waals surface area contributed by atoms with Gasteiger partial charge in [-0.05, 0) is 25.0 Å². The summed E-state index contributed by atoms with van der Waals surface area (Å²) < 4.78 is 0. The van der Waals surface area contributed by atoms with Gasteiger partial charge in [-0.2, -0.15) is 0 Å². The maximum atomic E-state index is 11.1. The number of nitro groups is 1. The maximum absolute atomic E-state index is 11.1. The molecule has 0 fully saturated rings. The third-order valence-electron chi connectivity index (χ3n) is 2.31. The molecule has 0 saturated heterocycles. The third kappa shape index (κ3) is 4.19. The number of nitrogens with one attached hydrogen (secondary N) is 1. The van der Waals surface area contributed by atoms with Crippen LogP contribution in [-0.4, -0.2) is 28.9 Å². The second-order valence-corrected chi connectivity index (χ2v) is 4.90. The monoisotopic (exact) mass is 270 g/mol. The molecule has 0 spiro atoms. The van der Waals surface area contributed by atoms with Gasteiger partial charge in [-0.15, -0.1) is 11.8 Å². The first-order valence-corrected chi connectivity index (χ1v) is 6.94. The molecule has 0 atom stereocenters. The van der Waals surface area contributed by atoms with Crippen LogP contribution < -0.4 is 5.32 Å². The number of rotatable bonds is 8. The normalized spacial score (nSPS) is 10.3. The fourth-order valence-electron chi connectivity index (χ4n) is 1.48. The van der Waals surface area contributed by atoms with Crippen molar-refractivity contribution in [3.05, 3.63) is 28.3 Å². The lowest BCUT2D eigenvalue weighted by Crippen LogP contribution is -2.04. The number of nitrogens with zero attached hydrogens (tertiary/aromatic N) is 1. The largest absolute Gasteiger partial charge is 0.396 e. The number of para-hydroxylation sites is 1. The number of benzene rings is 1. The summed E-state index contributed by atoms with van der Waals surface area (Å²) in [5, 5.41) is 22.9. The van der Waals surface area contributed by atoms with Crippen LogP contribution in [0.5, 0.6) is 0 Å². The Labute approximate surface area is 111 Å². The number of thioether (sulfide) groups is 1. The first kappa shape index (κ1) is 14.8. The molecule has 1 aromatic rings. The molecular weight excluding hydrogens is 252 g/mol. The van der Waals surface area contributed by atoms with Crippen LogP contribution in [0.3, 0.4) is 0 Å². The number of aliphatic hydroxyl groups is 1. The minimum atomic E-state index is -0.348. The van der Waals surface area contributed by atoms with Crippen LogP contribution in [0.4, 0.5) is 11.4 Å². The van der Waals surface area contributed by atoms with Gasteiger partial charge in [0.05, 0.1) is 9.82 Å². The molecule has 0 heterocycles. The van der Waals surface area contributed by atoms with Crippen molar-refractivity contribution in [1.82, 2.24) is 0 Å². The highest BCUT2D eigenvalue weighted by atomic mass is 32.2. The van der Waals surface area contributed by atoms with Crippen LogP contribution in [0, 0.1) is 10.1 Å². The van der Waals surface area contributed by atoms with Gasteiger partial charge in [-0.25, -0.2) is 0 Å². The molecule has 0 saturated carbocycles. The molecule has 6 heteroatoms. The molecule has 0 amide bonds. The van der Waals surface area contributed by atoms with E-state index in [0.717, 1.165) is 6.42 Å². The Kier molecular flexibility index (Phi) is 6.53. The molecular formula is C12H18N2O3S. The second kappa shape index (κ2) is 7.94.